The Hall–Kier alpha value is -2.85. The molecule has 1 aromatic carbocycles. The number of rotatable bonds is 6. The van der Waals surface area contributed by atoms with Crippen molar-refractivity contribution in [2.24, 2.45) is 5.73 Å². The van der Waals surface area contributed by atoms with Crippen molar-refractivity contribution in [2.75, 3.05) is 50.2 Å². The van der Waals surface area contributed by atoms with Gasteiger partial charge in [-0.1, -0.05) is 17.4 Å². The lowest BCUT2D eigenvalue weighted by Gasteiger charge is -2.26. The number of nitrogens with two attached hydrogens (primary N) is 1. The third kappa shape index (κ3) is 4.13. The summed E-state index contributed by atoms with van der Waals surface area (Å²) >= 11 is 1.59. The number of anilines is 2. The van der Waals surface area contributed by atoms with E-state index in [1.165, 1.54) is 7.11 Å². The number of thiazole rings is 1. The molecule has 0 radical (unpaired) electrons. The minimum absolute atomic E-state index is 0.0747. The van der Waals surface area contributed by atoms with Crippen molar-refractivity contribution in [3.63, 3.8) is 0 Å². The SMILES string of the molecule is COc1cc([C@H]2CC(=O)Nc3nc(N4CCOCC4)sc32)ccc1OCC(N)=O. The lowest BCUT2D eigenvalue weighted by molar-refractivity contribution is -0.120. The van der Waals surface area contributed by atoms with Gasteiger partial charge in [-0.2, -0.15) is 0 Å². The lowest BCUT2D eigenvalue weighted by atomic mass is 9.91. The van der Waals surface area contributed by atoms with Crippen LogP contribution in [0.15, 0.2) is 18.2 Å². The molecular weight excluding hydrogens is 396 g/mol. The first-order valence-electron chi connectivity index (χ1n) is 9.27. The molecule has 0 saturated carbocycles. The van der Waals surface area contributed by atoms with Gasteiger partial charge in [0.2, 0.25) is 5.91 Å². The summed E-state index contributed by atoms with van der Waals surface area (Å²) in [6.45, 7) is 2.67. The molecule has 2 aliphatic heterocycles. The van der Waals surface area contributed by atoms with E-state index in [4.69, 9.17) is 19.9 Å². The van der Waals surface area contributed by atoms with Gasteiger partial charge in [0.1, 0.15) is 5.82 Å². The van der Waals surface area contributed by atoms with Crippen LogP contribution in [-0.4, -0.2) is 56.8 Å². The number of hydrogen-bond donors (Lipinski definition) is 2. The molecule has 1 atom stereocenters. The molecule has 29 heavy (non-hydrogen) atoms. The van der Waals surface area contributed by atoms with Crippen LogP contribution in [0.3, 0.4) is 0 Å². The predicted molar refractivity (Wildman–Crippen MR) is 108 cm³/mol. The van der Waals surface area contributed by atoms with Crippen LogP contribution in [0.2, 0.25) is 0 Å². The van der Waals surface area contributed by atoms with E-state index < -0.39 is 5.91 Å². The number of primary amides is 1. The van der Waals surface area contributed by atoms with Crippen LogP contribution >= 0.6 is 11.3 Å². The average molecular weight is 418 g/mol. The highest BCUT2D eigenvalue weighted by atomic mass is 32.1. The molecule has 2 aromatic rings. The molecule has 3 heterocycles. The minimum Gasteiger partial charge on any atom is -0.493 e. The predicted octanol–water partition coefficient (Wildman–Crippen LogP) is 1.33. The second kappa shape index (κ2) is 8.26. The molecule has 0 spiro atoms. The summed E-state index contributed by atoms with van der Waals surface area (Å²) in [5, 5.41) is 3.77. The van der Waals surface area contributed by atoms with Gasteiger partial charge in [0.15, 0.2) is 23.2 Å². The Balaban J connectivity index is 1.64. The van der Waals surface area contributed by atoms with E-state index >= 15 is 0 Å². The van der Waals surface area contributed by atoms with Gasteiger partial charge in [0.25, 0.3) is 5.91 Å². The fraction of sp³-hybridized carbons (Fsp3) is 0.421. The summed E-state index contributed by atoms with van der Waals surface area (Å²) in [6.07, 6.45) is 0.322. The Morgan fingerprint density at radius 3 is 2.90 bits per heavy atom. The summed E-state index contributed by atoms with van der Waals surface area (Å²) in [4.78, 5) is 31.1. The molecule has 154 valence electrons. The summed E-state index contributed by atoms with van der Waals surface area (Å²) in [6, 6.07) is 5.44. The maximum absolute atomic E-state index is 12.3. The summed E-state index contributed by atoms with van der Waals surface area (Å²) in [5.74, 6) is 0.748. The average Bonchev–Trinajstić information content (AvgIpc) is 3.16. The third-order valence-electron chi connectivity index (χ3n) is 4.85. The van der Waals surface area contributed by atoms with Gasteiger partial charge in [-0.25, -0.2) is 4.98 Å². The van der Waals surface area contributed by atoms with E-state index in [1.807, 2.05) is 12.1 Å². The number of methoxy groups -OCH3 is 1. The summed E-state index contributed by atoms with van der Waals surface area (Å²) in [7, 11) is 1.53. The zero-order valence-corrected chi connectivity index (χ0v) is 16.8. The smallest absolute Gasteiger partial charge is 0.255 e. The van der Waals surface area contributed by atoms with E-state index in [0.29, 0.717) is 37.0 Å². The number of carbonyl (C=O) groups excluding carboxylic acids is 2. The summed E-state index contributed by atoms with van der Waals surface area (Å²) < 4.78 is 16.2. The Morgan fingerprint density at radius 2 is 2.17 bits per heavy atom. The molecule has 0 aliphatic carbocycles. The zero-order valence-electron chi connectivity index (χ0n) is 16.0. The van der Waals surface area contributed by atoms with Crippen LogP contribution in [0.4, 0.5) is 10.9 Å². The molecule has 0 unspecified atom stereocenters. The number of fused-ring (bicyclic) bond motifs is 1. The van der Waals surface area contributed by atoms with Crippen molar-refractivity contribution in [1.82, 2.24) is 4.98 Å². The number of ether oxygens (including phenoxy) is 3. The van der Waals surface area contributed by atoms with Gasteiger partial charge in [-0.05, 0) is 17.7 Å². The van der Waals surface area contributed by atoms with Gasteiger partial charge in [-0.15, -0.1) is 0 Å². The Bertz CT molecular complexity index is 925. The van der Waals surface area contributed by atoms with E-state index in [0.717, 1.165) is 28.7 Å². The number of aromatic nitrogens is 1. The van der Waals surface area contributed by atoms with Crippen LogP contribution < -0.4 is 25.4 Å². The number of morpholine rings is 1. The number of nitrogens with one attached hydrogen (secondary N) is 1. The monoisotopic (exact) mass is 418 g/mol. The molecule has 1 aromatic heterocycles. The first-order chi connectivity index (χ1) is 14.0. The fourth-order valence-corrected chi connectivity index (χ4v) is 4.64. The molecule has 9 nitrogen and oxygen atoms in total. The van der Waals surface area contributed by atoms with E-state index in [-0.39, 0.29) is 18.4 Å². The van der Waals surface area contributed by atoms with Crippen LogP contribution in [0.5, 0.6) is 11.5 Å². The quantitative estimate of drug-likeness (QED) is 0.727. The number of amides is 2. The summed E-state index contributed by atoms with van der Waals surface area (Å²) in [5.41, 5.74) is 6.06. The number of hydrogen-bond acceptors (Lipinski definition) is 8. The number of carbonyl (C=O) groups is 2. The molecule has 1 saturated heterocycles. The second-order valence-electron chi connectivity index (χ2n) is 6.78. The maximum atomic E-state index is 12.3. The van der Waals surface area contributed by atoms with Crippen LogP contribution in [0.1, 0.15) is 22.8 Å². The van der Waals surface area contributed by atoms with Crippen molar-refractivity contribution in [3.05, 3.63) is 28.6 Å². The fourth-order valence-electron chi connectivity index (χ4n) is 3.44. The normalized spacial score (nSPS) is 18.7. The van der Waals surface area contributed by atoms with Crippen molar-refractivity contribution in [3.8, 4) is 11.5 Å². The van der Waals surface area contributed by atoms with Crippen molar-refractivity contribution in [1.29, 1.82) is 0 Å². The van der Waals surface area contributed by atoms with Crippen LogP contribution in [0, 0.1) is 0 Å². The molecular formula is C19H22N4O5S. The molecule has 3 N–H and O–H groups in total. The standard InChI is InChI=1S/C19H22N4O5S/c1-26-14-8-11(2-3-13(14)28-10-15(20)24)12-9-16(25)21-18-17(12)29-19(22-18)23-4-6-27-7-5-23/h2-3,8,12H,4-7,9-10H2,1H3,(H2,20,24)(H,21,25)/t12-/m1/s1. The van der Waals surface area contributed by atoms with Crippen LogP contribution in [0.25, 0.3) is 0 Å². The molecule has 1 fully saturated rings. The van der Waals surface area contributed by atoms with Gasteiger partial charge >= 0.3 is 0 Å². The second-order valence-corrected chi connectivity index (χ2v) is 7.79. The Morgan fingerprint density at radius 1 is 1.38 bits per heavy atom. The van der Waals surface area contributed by atoms with Gasteiger partial charge in [-0.3, -0.25) is 9.59 Å². The topological polar surface area (TPSA) is 116 Å². The Kier molecular flexibility index (Phi) is 5.54. The third-order valence-corrected chi connectivity index (χ3v) is 6.08. The van der Waals surface area contributed by atoms with E-state index in [9.17, 15) is 9.59 Å². The highest BCUT2D eigenvalue weighted by Gasteiger charge is 2.32. The van der Waals surface area contributed by atoms with E-state index in [2.05, 4.69) is 15.2 Å². The first kappa shape index (κ1) is 19.5. The lowest BCUT2D eigenvalue weighted by Crippen LogP contribution is -2.36. The van der Waals surface area contributed by atoms with Gasteiger partial charge in [0.05, 0.1) is 25.2 Å². The minimum atomic E-state index is -0.565. The molecule has 4 rings (SSSR count). The molecule has 10 heteroatoms. The number of benzene rings is 1. The highest BCUT2D eigenvalue weighted by Crippen LogP contribution is 2.44. The van der Waals surface area contributed by atoms with Gasteiger partial charge < -0.3 is 30.2 Å². The van der Waals surface area contributed by atoms with Crippen molar-refractivity contribution in [2.45, 2.75) is 12.3 Å². The zero-order chi connectivity index (χ0) is 20.4. The highest BCUT2D eigenvalue weighted by molar-refractivity contribution is 7.16. The molecule has 0 bridgehead atoms. The number of nitrogens with zero attached hydrogens (tertiary/aromatic N) is 2. The Labute approximate surface area is 171 Å². The van der Waals surface area contributed by atoms with Crippen molar-refractivity contribution >= 4 is 34.1 Å². The van der Waals surface area contributed by atoms with Crippen molar-refractivity contribution < 1.29 is 23.8 Å². The molecule has 2 aliphatic rings. The maximum Gasteiger partial charge on any atom is 0.255 e. The molecule has 2 amide bonds. The van der Waals surface area contributed by atoms with E-state index in [1.54, 1.807) is 17.4 Å². The van der Waals surface area contributed by atoms with Gasteiger partial charge in [0, 0.05) is 25.4 Å². The van der Waals surface area contributed by atoms with Crippen LogP contribution in [-0.2, 0) is 14.3 Å². The first-order valence-corrected chi connectivity index (χ1v) is 10.1. The largest absolute Gasteiger partial charge is 0.493 e.